The van der Waals surface area contributed by atoms with E-state index < -0.39 is 0 Å². The molecule has 0 amide bonds. The lowest BCUT2D eigenvalue weighted by atomic mass is 10.1. The quantitative estimate of drug-likeness (QED) is 0.891. The number of rotatable bonds is 4. The Morgan fingerprint density at radius 3 is 3.00 bits per heavy atom. The van der Waals surface area contributed by atoms with Gasteiger partial charge in [0.2, 0.25) is 0 Å². The first-order chi connectivity index (χ1) is 7.29. The molecule has 1 fully saturated rings. The predicted molar refractivity (Wildman–Crippen MR) is 71.4 cm³/mol. The lowest BCUT2D eigenvalue weighted by Gasteiger charge is -2.21. The van der Waals surface area contributed by atoms with Gasteiger partial charge in [0, 0.05) is 16.2 Å². The van der Waals surface area contributed by atoms with Crippen molar-refractivity contribution < 1.29 is 0 Å². The molecule has 0 aromatic carbocycles. The summed E-state index contributed by atoms with van der Waals surface area (Å²) in [6.45, 7) is 0. The van der Waals surface area contributed by atoms with E-state index in [1.54, 1.807) is 11.3 Å². The van der Waals surface area contributed by atoms with Gasteiger partial charge in [0.1, 0.15) is 0 Å². The van der Waals surface area contributed by atoms with Gasteiger partial charge in [-0.05, 0) is 44.2 Å². The summed E-state index contributed by atoms with van der Waals surface area (Å²) in [6, 6.07) is 4.75. The second-order valence-electron chi connectivity index (χ2n) is 3.86. The third-order valence-corrected chi connectivity index (χ3v) is 5.60. The molecule has 1 saturated heterocycles. The lowest BCUT2D eigenvalue weighted by Crippen LogP contribution is -2.36. The molecular weight excluding hydrogens is 246 g/mol. The summed E-state index contributed by atoms with van der Waals surface area (Å²) in [7, 11) is 2.07. The normalized spacial score (nSPS) is 23.2. The van der Waals surface area contributed by atoms with Crippen LogP contribution in [0, 0.1) is 0 Å². The van der Waals surface area contributed by atoms with Crippen LogP contribution in [0.1, 0.15) is 17.7 Å². The Labute approximate surface area is 105 Å². The summed E-state index contributed by atoms with van der Waals surface area (Å²) >= 11 is 9.76. The number of hydrogen-bond donors (Lipinski definition) is 1. The van der Waals surface area contributed by atoms with E-state index in [1.807, 2.05) is 6.07 Å². The Kier molecular flexibility index (Phi) is 4.38. The summed E-state index contributed by atoms with van der Waals surface area (Å²) in [6.07, 6.45) is 3.85. The molecule has 2 heterocycles. The van der Waals surface area contributed by atoms with Gasteiger partial charge in [-0.2, -0.15) is 11.8 Å². The smallest absolute Gasteiger partial charge is 0.0931 e. The molecule has 84 valence electrons. The fourth-order valence-electron chi connectivity index (χ4n) is 2.02. The Morgan fingerprint density at radius 2 is 2.47 bits per heavy atom. The topological polar surface area (TPSA) is 12.0 Å². The van der Waals surface area contributed by atoms with E-state index in [0.717, 1.165) is 16.0 Å². The van der Waals surface area contributed by atoms with Crippen molar-refractivity contribution in [2.24, 2.45) is 0 Å². The predicted octanol–water partition coefficient (Wildman–Crippen LogP) is 3.43. The van der Waals surface area contributed by atoms with E-state index in [0.29, 0.717) is 6.04 Å². The molecule has 2 unspecified atom stereocenters. The van der Waals surface area contributed by atoms with Crippen LogP contribution in [-0.2, 0) is 6.42 Å². The fraction of sp³-hybridized carbons (Fsp3) is 0.636. The maximum atomic E-state index is 5.94. The van der Waals surface area contributed by atoms with Crippen molar-refractivity contribution >= 4 is 34.7 Å². The van der Waals surface area contributed by atoms with Crippen LogP contribution in [0.3, 0.4) is 0 Å². The molecule has 0 saturated carbocycles. The first-order valence-corrected chi connectivity index (χ1v) is 7.57. The minimum Gasteiger partial charge on any atom is -0.316 e. The standard InChI is InChI=1S/C11H16ClNS2/c1-13-9(10-3-2-6-14-10)7-8-4-5-11(12)15-8/h4-5,9-10,13H,2-3,6-7H2,1H3. The van der Waals surface area contributed by atoms with Gasteiger partial charge in [-0.3, -0.25) is 0 Å². The average molecular weight is 262 g/mol. The first kappa shape index (κ1) is 11.8. The molecule has 2 atom stereocenters. The zero-order valence-electron chi connectivity index (χ0n) is 8.83. The summed E-state index contributed by atoms with van der Waals surface area (Å²) < 4.78 is 0.902. The molecule has 1 aliphatic heterocycles. The van der Waals surface area contributed by atoms with Crippen molar-refractivity contribution in [3.8, 4) is 0 Å². The number of thioether (sulfide) groups is 1. The molecule has 1 aromatic heterocycles. The maximum Gasteiger partial charge on any atom is 0.0931 e. The van der Waals surface area contributed by atoms with Crippen molar-refractivity contribution in [2.45, 2.75) is 30.6 Å². The minimum absolute atomic E-state index is 0.604. The van der Waals surface area contributed by atoms with E-state index in [1.165, 1.54) is 23.5 Å². The van der Waals surface area contributed by atoms with Crippen LogP contribution in [0.25, 0.3) is 0 Å². The summed E-state index contributed by atoms with van der Waals surface area (Å²) in [5.74, 6) is 1.33. The Morgan fingerprint density at radius 1 is 1.60 bits per heavy atom. The molecule has 4 heteroatoms. The molecule has 1 N–H and O–H groups in total. The number of thiophene rings is 1. The molecule has 0 aliphatic carbocycles. The van der Waals surface area contributed by atoms with E-state index in [4.69, 9.17) is 11.6 Å². The van der Waals surface area contributed by atoms with Crippen molar-refractivity contribution in [1.82, 2.24) is 5.32 Å². The first-order valence-electron chi connectivity index (χ1n) is 5.32. The highest BCUT2D eigenvalue weighted by atomic mass is 35.5. The molecule has 0 bridgehead atoms. The Bertz CT molecular complexity index is 307. The van der Waals surface area contributed by atoms with Gasteiger partial charge < -0.3 is 5.32 Å². The van der Waals surface area contributed by atoms with Gasteiger partial charge in [0.25, 0.3) is 0 Å². The van der Waals surface area contributed by atoms with Gasteiger partial charge in [-0.15, -0.1) is 11.3 Å². The molecule has 0 spiro atoms. The van der Waals surface area contributed by atoms with Crippen LogP contribution in [0.5, 0.6) is 0 Å². The van der Waals surface area contributed by atoms with Crippen molar-refractivity contribution in [1.29, 1.82) is 0 Å². The van der Waals surface area contributed by atoms with E-state index in [-0.39, 0.29) is 0 Å². The van der Waals surface area contributed by atoms with Gasteiger partial charge in [-0.25, -0.2) is 0 Å². The zero-order chi connectivity index (χ0) is 10.7. The summed E-state index contributed by atoms with van der Waals surface area (Å²) in [5.41, 5.74) is 0. The number of nitrogens with one attached hydrogen (secondary N) is 1. The van der Waals surface area contributed by atoms with Gasteiger partial charge >= 0.3 is 0 Å². The highest BCUT2D eigenvalue weighted by Crippen LogP contribution is 2.31. The second-order valence-corrected chi connectivity index (χ2v) is 7.00. The molecule has 1 aromatic rings. The largest absolute Gasteiger partial charge is 0.316 e. The highest BCUT2D eigenvalue weighted by molar-refractivity contribution is 8.00. The second kappa shape index (κ2) is 5.58. The molecule has 0 radical (unpaired) electrons. The molecule has 2 rings (SSSR count). The Balaban J connectivity index is 1.95. The maximum absolute atomic E-state index is 5.94. The van der Waals surface area contributed by atoms with Crippen molar-refractivity contribution in [3.63, 3.8) is 0 Å². The van der Waals surface area contributed by atoms with Crippen LogP contribution in [0.4, 0.5) is 0 Å². The van der Waals surface area contributed by atoms with Gasteiger partial charge in [-0.1, -0.05) is 11.6 Å². The van der Waals surface area contributed by atoms with Crippen LogP contribution in [-0.4, -0.2) is 24.1 Å². The minimum atomic E-state index is 0.604. The van der Waals surface area contributed by atoms with Crippen LogP contribution in [0.15, 0.2) is 12.1 Å². The molecular formula is C11H16ClNS2. The van der Waals surface area contributed by atoms with E-state index >= 15 is 0 Å². The van der Waals surface area contributed by atoms with Gasteiger partial charge in [0.05, 0.1) is 4.34 Å². The summed E-state index contributed by atoms with van der Waals surface area (Å²) in [5, 5.41) is 4.23. The molecule has 15 heavy (non-hydrogen) atoms. The number of halogens is 1. The van der Waals surface area contributed by atoms with E-state index in [2.05, 4.69) is 30.2 Å². The summed E-state index contributed by atoms with van der Waals surface area (Å²) in [4.78, 5) is 1.40. The van der Waals surface area contributed by atoms with E-state index in [9.17, 15) is 0 Å². The van der Waals surface area contributed by atoms with Crippen LogP contribution < -0.4 is 5.32 Å². The average Bonchev–Trinajstić information content (AvgIpc) is 2.85. The Hall–Kier alpha value is 0.300. The third-order valence-electron chi connectivity index (χ3n) is 2.83. The molecule has 1 aliphatic rings. The fourth-order valence-corrected chi connectivity index (χ4v) is 4.60. The lowest BCUT2D eigenvalue weighted by molar-refractivity contribution is 0.527. The molecule has 1 nitrogen and oxygen atoms in total. The highest BCUT2D eigenvalue weighted by Gasteiger charge is 2.24. The number of likely N-dealkylation sites (N-methyl/N-ethyl adjacent to an activating group) is 1. The van der Waals surface area contributed by atoms with Crippen molar-refractivity contribution in [3.05, 3.63) is 21.3 Å². The SMILES string of the molecule is CNC(Cc1ccc(Cl)s1)C1CCCS1. The number of hydrogen-bond acceptors (Lipinski definition) is 3. The van der Waals surface area contributed by atoms with Gasteiger partial charge in [0.15, 0.2) is 0 Å². The zero-order valence-corrected chi connectivity index (χ0v) is 11.2. The van der Waals surface area contributed by atoms with Crippen LogP contribution >= 0.6 is 34.7 Å². The third kappa shape index (κ3) is 3.13. The van der Waals surface area contributed by atoms with Crippen LogP contribution in [0.2, 0.25) is 4.34 Å². The van der Waals surface area contributed by atoms with Crippen molar-refractivity contribution in [2.75, 3.05) is 12.8 Å². The monoisotopic (exact) mass is 261 g/mol.